The first-order valence-corrected chi connectivity index (χ1v) is 8.67. The summed E-state index contributed by atoms with van der Waals surface area (Å²) < 4.78 is 19.1. The minimum absolute atomic E-state index is 0.0759. The second-order valence-electron chi connectivity index (χ2n) is 5.10. The fraction of sp³-hybridized carbons (Fsp3) is 0.118. The quantitative estimate of drug-likeness (QED) is 0.639. The van der Waals surface area contributed by atoms with Crippen molar-refractivity contribution in [2.45, 2.75) is 6.61 Å². The van der Waals surface area contributed by atoms with Gasteiger partial charge in [0.1, 0.15) is 18.2 Å². The Labute approximate surface area is 152 Å². The molecule has 128 valence electrons. The molecular weight excluding hydrogens is 365 g/mol. The van der Waals surface area contributed by atoms with Gasteiger partial charge in [-0.05, 0) is 35.4 Å². The number of hydrogen-bond acceptors (Lipinski definition) is 5. The molecule has 1 heterocycles. The molecule has 1 aliphatic rings. The van der Waals surface area contributed by atoms with Gasteiger partial charge in [0.2, 0.25) is 5.91 Å². The molecular formula is C17H13ClFN3O2S. The van der Waals surface area contributed by atoms with Crippen molar-refractivity contribution in [2.24, 2.45) is 10.2 Å². The van der Waals surface area contributed by atoms with Crippen LogP contribution < -0.4 is 10.1 Å². The molecule has 0 atom stereocenters. The highest BCUT2D eigenvalue weighted by atomic mass is 35.5. The van der Waals surface area contributed by atoms with E-state index in [1.54, 1.807) is 24.4 Å². The highest BCUT2D eigenvalue weighted by molar-refractivity contribution is 8.15. The highest BCUT2D eigenvalue weighted by Crippen LogP contribution is 2.18. The number of amides is 1. The molecule has 0 radical (unpaired) electrons. The van der Waals surface area contributed by atoms with Crippen molar-refractivity contribution in [3.63, 3.8) is 0 Å². The van der Waals surface area contributed by atoms with Gasteiger partial charge in [-0.2, -0.15) is 5.10 Å². The monoisotopic (exact) mass is 377 g/mol. The first kappa shape index (κ1) is 17.4. The smallest absolute Gasteiger partial charge is 0.236 e. The summed E-state index contributed by atoms with van der Waals surface area (Å²) >= 11 is 6.96. The number of carbonyl (C=O) groups is 1. The lowest BCUT2D eigenvalue weighted by molar-refractivity contribution is -0.116. The number of nitrogens with one attached hydrogen (secondary N) is 1. The van der Waals surface area contributed by atoms with Crippen molar-refractivity contribution >= 4 is 40.7 Å². The standard InChI is InChI=1S/C17H13ClFN3O2S/c18-14-5-4-12(7-15(14)19)9-24-13-3-1-2-11(6-13)8-20-22-17-21-16(23)10-25-17/h1-8H,9-10H2,(H,21,22,23). The zero-order valence-corrected chi connectivity index (χ0v) is 14.5. The average molecular weight is 378 g/mol. The van der Waals surface area contributed by atoms with Crippen molar-refractivity contribution in [3.05, 3.63) is 64.4 Å². The minimum atomic E-state index is -0.473. The van der Waals surface area contributed by atoms with Crippen molar-refractivity contribution < 1.29 is 13.9 Å². The van der Waals surface area contributed by atoms with E-state index in [1.807, 2.05) is 12.1 Å². The molecule has 2 aromatic carbocycles. The summed E-state index contributed by atoms with van der Waals surface area (Å²) in [4.78, 5) is 11.0. The van der Waals surface area contributed by atoms with Crippen LogP contribution in [0.25, 0.3) is 0 Å². The van der Waals surface area contributed by atoms with Gasteiger partial charge in [-0.15, -0.1) is 5.10 Å². The Morgan fingerprint density at radius 2 is 2.20 bits per heavy atom. The summed E-state index contributed by atoms with van der Waals surface area (Å²) in [5.74, 6) is 0.436. The predicted molar refractivity (Wildman–Crippen MR) is 97.8 cm³/mol. The molecule has 0 aliphatic carbocycles. The van der Waals surface area contributed by atoms with Gasteiger partial charge in [-0.25, -0.2) is 4.39 Å². The third-order valence-corrected chi connectivity index (χ3v) is 4.36. The molecule has 3 rings (SSSR count). The van der Waals surface area contributed by atoms with Crippen LogP contribution in [0.3, 0.4) is 0 Å². The Balaban J connectivity index is 1.61. The largest absolute Gasteiger partial charge is 0.489 e. The Hall–Kier alpha value is -2.38. The van der Waals surface area contributed by atoms with Gasteiger partial charge >= 0.3 is 0 Å². The fourth-order valence-corrected chi connectivity index (χ4v) is 2.76. The molecule has 1 aliphatic heterocycles. The number of nitrogens with zero attached hydrogens (tertiary/aromatic N) is 2. The molecule has 1 amide bonds. The van der Waals surface area contributed by atoms with Crippen LogP contribution in [0.15, 0.2) is 52.7 Å². The predicted octanol–water partition coefficient (Wildman–Crippen LogP) is 3.61. The Morgan fingerprint density at radius 1 is 1.32 bits per heavy atom. The molecule has 0 bridgehead atoms. The van der Waals surface area contributed by atoms with Crippen LogP contribution >= 0.6 is 23.4 Å². The fourth-order valence-electron chi connectivity index (χ4n) is 2.01. The number of amidine groups is 1. The van der Waals surface area contributed by atoms with Crippen LogP contribution in [0.5, 0.6) is 5.75 Å². The zero-order chi connectivity index (χ0) is 17.6. The number of carbonyl (C=O) groups excluding carboxylic acids is 1. The number of ether oxygens (including phenoxy) is 1. The minimum Gasteiger partial charge on any atom is -0.489 e. The van der Waals surface area contributed by atoms with E-state index in [0.29, 0.717) is 22.2 Å². The number of thioether (sulfide) groups is 1. The van der Waals surface area contributed by atoms with E-state index >= 15 is 0 Å². The van der Waals surface area contributed by atoms with Gasteiger partial charge in [-0.3, -0.25) is 4.79 Å². The average Bonchev–Trinajstić information content (AvgIpc) is 3.02. The molecule has 1 saturated heterocycles. The number of hydrogen-bond donors (Lipinski definition) is 1. The summed E-state index contributed by atoms with van der Waals surface area (Å²) in [6.45, 7) is 0.222. The molecule has 0 aromatic heterocycles. The van der Waals surface area contributed by atoms with Crippen molar-refractivity contribution in [1.82, 2.24) is 5.32 Å². The summed E-state index contributed by atoms with van der Waals surface area (Å²) in [5, 5.41) is 11.0. The van der Waals surface area contributed by atoms with Crippen LogP contribution in [0.1, 0.15) is 11.1 Å². The van der Waals surface area contributed by atoms with Gasteiger partial charge in [0.05, 0.1) is 17.0 Å². The topological polar surface area (TPSA) is 63.0 Å². The molecule has 5 nitrogen and oxygen atoms in total. The van der Waals surface area contributed by atoms with Crippen molar-refractivity contribution in [2.75, 3.05) is 5.75 Å². The van der Waals surface area contributed by atoms with Crippen LogP contribution in [-0.4, -0.2) is 23.0 Å². The Morgan fingerprint density at radius 3 is 2.96 bits per heavy atom. The number of rotatable bonds is 5. The van der Waals surface area contributed by atoms with E-state index in [-0.39, 0.29) is 17.5 Å². The summed E-state index contributed by atoms with van der Waals surface area (Å²) in [6, 6.07) is 11.8. The third kappa shape index (κ3) is 5.04. The van der Waals surface area contributed by atoms with Gasteiger partial charge in [-0.1, -0.05) is 41.6 Å². The molecule has 0 spiro atoms. The summed E-state index contributed by atoms with van der Waals surface area (Å²) in [7, 11) is 0. The zero-order valence-electron chi connectivity index (χ0n) is 12.9. The maximum absolute atomic E-state index is 13.4. The maximum atomic E-state index is 13.4. The summed E-state index contributed by atoms with van der Waals surface area (Å²) in [5.41, 5.74) is 1.47. The lowest BCUT2D eigenvalue weighted by Crippen LogP contribution is -2.19. The molecule has 2 aromatic rings. The molecule has 0 unspecified atom stereocenters. The van der Waals surface area contributed by atoms with Crippen LogP contribution in [0.4, 0.5) is 4.39 Å². The normalized spacial score (nSPS) is 15.8. The summed E-state index contributed by atoms with van der Waals surface area (Å²) in [6.07, 6.45) is 1.56. The lowest BCUT2D eigenvalue weighted by atomic mass is 10.2. The van der Waals surface area contributed by atoms with Crippen LogP contribution in [-0.2, 0) is 11.4 Å². The van der Waals surface area contributed by atoms with Crippen LogP contribution in [0.2, 0.25) is 5.02 Å². The van der Waals surface area contributed by atoms with E-state index in [2.05, 4.69) is 15.5 Å². The number of benzene rings is 2. The highest BCUT2D eigenvalue weighted by Gasteiger charge is 2.15. The molecule has 25 heavy (non-hydrogen) atoms. The van der Waals surface area contributed by atoms with E-state index < -0.39 is 5.82 Å². The van der Waals surface area contributed by atoms with E-state index in [0.717, 1.165) is 5.56 Å². The van der Waals surface area contributed by atoms with Crippen molar-refractivity contribution in [1.29, 1.82) is 0 Å². The van der Waals surface area contributed by atoms with Gasteiger partial charge in [0.25, 0.3) is 0 Å². The Bertz CT molecular complexity index is 858. The van der Waals surface area contributed by atoms with Gasteiger partial charge in [0, 0.05) is 0 Å². The molecule has 1 fully saturated rings. The first-order valence-electron chi connectivity index (χ1n) is 7.30. The third-order valence-electron chi connectivity index (χ3n) is 3.19. The number of halogens is 2. The second kappa shape index (κ2) is 8.13. The lowest BCUT2D eigenvalue weighted by Gasteiger charge is -2.07. The second-order valence-corrected chi connectivity index (χ2v) is 6.47. The SMILES string of the molecule is O=C1CSC(=NN=Cc2cccc(OCc3ccc(Cl)c(F)c3)c2)N1. The van der Waals surface area contributed by atoms with Gasteiger partial charge in [0.15, 0.2) is 5.17 Å². The first-order chi connectivity index (χ1) is 12.1. The van der Waals surface area contributed by atoms with E-state index in [9.17, 15) is 9.18 Å². The molecule has 1 N–H and O–H groups in total. The van der Waals surface area contributed by atoms with Crippen molar-refractivity contribution in [3.8, 4) is 5.75 Å². The Kier molecular flexibility index (Phi) is 5.67. The van der Waals surface area contributed by atoms with E-state index in [4.69, 9.17) is 16.3 Å². The maximum Gasteiger partial charge on any atom is 0.236 e. The van der Waals surface area contributed by atoms with Gasteiger partial charge < -0.3 is 10.1 Å². The van der Waals surface area contributed by atoms with E-state index in [1.165, 1.54) is 23.9 Å². The molecule has 8 heteroatoms. The van der Waals surface area contributed by atoms with Crippen LogP contribution in [0, 0.1) is 5.82 Å². The molecule has 0 saturated carbocycles.